The van der Waals surface area contributed by atoms with Gasteiger partial charge in [-0.3, -0.25) is 0 Å². The minimum absolute atomic E-state index is 0.660. The molecule has 2 aliphatic carbocycles. The maximum atomic E-state index is 3.68. The molecule has 1 nitrogen and oxygen atoms in total. The van der Waals surface area contributed by atoms with Gasteiger partial charge in [-0.25, -0.2) is 0 Å². The molecule has 2 fully saturated rings. The van der Waals surface area contributed by atoms with Crippen molar-refractivity contribution in [2.75, 3.05) is 6.54 Å². The van der Waals surface area contributed by atoms with E-state index in [2.05, 4.69) is 19.2 Å². The summed E-state index contributed by atoms with van der Waals surface area (Å²) < 4.78 is 0. The van der Waals surface area contributed by atoms with Crippen LogP contribution in [0.5, 0.6) is 0 Å². The molecule has 1 N–H and O–H groups in total. The number of nitrogens with one attached hydrogen (secondary N) is 1. The van der Waals surface area contributed by atoms with E-state index < -0.39 is 0 Å². The van der Waals surface area contributed by atoms with Crippen LogP contribution in [0.3, 0.4) is 0 Å². The van der Waals surface area contributed by atoms with Gasteiger partial charge >= 0.3 is 0 Å². The molecular weight excluding hydrogens is 170 g/mol. The van der Waals surface area contributed by atoms with Crippen molar-refractivity contribution in [1.29, 1.82) is 0 Å². The molecule has 0 aromatic heterocycles. The fourth-order valence-corrected chi connectivity index (χ4v) is 3.09. The second-order valence-electron chi connectivity index (χ2n) is 5.73. The van der Waals surface area contributed by atoms with Crippen LogP contribution in [-0.2, 0) is 0 Å². The van der Waals surface area contributed by atoms with Crippen molar-refractivity contribution >= 4 is 0 Å². The molecule has 0 amide bonds. The molecule has 0 spiro atoms. The van der Waals surface area contributed by atoms with Gasteiger partial charge in [-0.05, 0) is 37.0 Å². The summed E-state index contributed by atoms with van der Waals surface area (Å²) in [4.78, 5) is 0. The summed E-state index contributed by atoms with van der Waals surface area (Å²) in [6.45, 7) is 5.82. The van der Waals surface area contributed by atoms with E-state index in [9.17, 15) is 0 Å². The van der Waals surface area contributed by atoms with Gasteiger partial charge in [0, 0.05) is 12.6 Å². The van der Waals surface area contributed by atoms with Crippen LogP contribution in [0.25, 0.3) is 0 Å². The Balaban J connectivity index is 1.91. The highest BCUT2D eigenvalue weighted by atomic mass is 14.9. The molecule has 0 aliphatic heterocycles. The highest BCUT2D eigenvalue weighted by Gasteiger charge is 2.44. The van der Waals surface area contributed by atoms with E-state index in [-0.39, 0.29) is 0 Å². The summed E-state index contributed by atoms with van der Waals surface area (Å²) in [6.07, 6.45) is 10.5. The van der Waals surface area contributed by atoms with E-state index in [1.54, 1.807) is 0 Å². The summed E-state index contributed by atoms with van der Waals surface area (Å²) in [6, 6.07) is 0.660. The van der Waals surface area contributed by atoms with Gasteiger partial charge in [-0.2, -0.15) is 0 Å². The molecule has 0 atom stereocenters. The van der Waals surface area contributed by atoms with E-state index in [4.69, 9.17) is 0 Å². The number of hydrogen-bond acceptors (Lipinski definition) is 1. The molecule has 0 bridgehead atoms. The van der Waals surface area contributed by atoms with E-state index in [1.807, 2.05) is 0 Å². The predicted molar refractivity (Wildman–Crippen MR) is 61.4 cm³/mol. The standard InChI is InChI=1S/C13H25N/c1-11(2)14-10-13(12-6-7-12)8-4-3-5-9-13/h11-12,14H,3-10H2,1-2H3. The molecule has 0 aromatic carbocycles. The van der Waals surface area contributed by atoms with Gasteiger partial charge in [0.05, 0.1) is 0 Å². The Morgan fingerprint density at radius 1 is 1.14 bits per heavy atom. The lowest BCUT2D eigenvalue weighted by Crippen LogP contribution is -2.40. The van der Waals surface area contributed by atoms with E-state index in [0.29, 0.717) is 11.5 Å². The van der Waals surface area contributed by atoms with Crippen molar-refractivity contribution in [3.63, 3.8) is 0 Å². The molecule has 14 heavy (non-hydrogen) atoms. The second kappa shape index (κ2) is 4.22. The van der Waals surface area contributed by atoms with Crippen molar-refractivity contribution < 1.29 is 0 Å². The maximum absolute atomic E-state index is 3.68. The monoisotopic (exact) mass is 195 g/mol. The van der Waals surface area contributed by atoms with E-state index >= 15 is 0 Å². The first-order chi connectivity index (χ1) is 6.73. The van der Waals surface area contributed by atoms with Crippen LogP contribution in [0.4, 0.5) is 0 Å². The molecule has 0 saturated heterocycles. The predicted octanol–water partition coefficient (Wildman–Crippen LogP) is 3.34. The van der Waals surface area contributed by atoms with E-state index in [1.165, 1.54) is 51.5 Å². The van der Waals surface area contributed by atoms with Crippen molar-refractivity contribution in [2.45, 2.75) is 64.8 Å². The summed E-state index contributed by atoms with van der Waals surface area (Å²) in [5, 5.41) is 3.68. The van der Waals surface area contributed by atoms with Crippen LogP contribution >= 0.6 is 0 Å². The van der Waals surface area contributed by atoms with Crippen molar-refractivity contribution in [3.8, 4) is 0 Å². The molecule has 0 radical (unpaired) electrons. The molecule has 0 heterocycles. The van der Waals surface area contributed by atoms with Gasteiger partial charge < -0.3 is 5.32 Å². The lowest BCUT2D eigenvalue weighted by molar-refractivity contribution is 0.145. The smallest absolute Gasteiger partial charge is 0.00128 e. The first-order valence-corrected chi connectivity index (χ1v) is 6.46. The molecular formula is C13H25N. The minimum atomic E-state index is 0.660. The number of hydrogen-bond donors (Lipinski definition) is 1. The lowest BCUT2D eigenvalue weighted by Gasteiger charge is -2.38. The molecule has 0 aromatic rings. The maximum Gasteiger partial charge on any atom is 0.00128 e. The Kier molecular flexibility index (Phi) is 3.16. The Morgan fingerprint density at radius 2 is 1.79 bits per heavy atom. The van der Waals surface area contributed by atoms with Crippen molar-refractivity contribution in [1.82, 2.24) is 5.32 Å². The molecule has 0 unspecified atom stereocenters. The Bertz CT molecular complexity index is 176. The van der Waals surface area contributed by atoms with Gasteiger partial charge in [0.1, 0.15) is 0 Å². The average molecular weight is 195 g/mol. The topological polar surface area (TPSA) is 12.0 Å². The van der Waals surface area contributed by atoms with Crippen LogP contribution in [0.2, 0.25) is 0 Å². The zero-order valence-corrected chi connectivity index (χ0v) is 9.81. The fraction of sp³-hybridized carbons (Fsp3) is 1.00. The Hall–Kier alpha value is -0.0400. The van der Waals surface area contributed by atoms with Crippen molar-refractivity contribution in [3.05, 3.63) is 0 Å². The Labute approximate surface area is 88.7 Å². The third-order valence-corrected chi connectivity index (χ3v) is 4.16. The summed E-state index contributed by atoms with van der Waals surface area (Å²) in [5.74, 6) is 1.08. The average Bonchev–Trinajstić information content (AvgIpc) is 3.00. The van der Waals surface area contributed by atoms with Gasteiger partial charge in [0.15, 0.2) is 0 Å². The molecule has 2 aliphatic rings. The quantitative estimate of drug-likeness (QED) is 0.725. The fourth-order valence-electron chi connectivity index (χ4n) is 3.09. The summed E-state index contributed by atoms with van der Waals surface area (Å²) in [5.41, 5.74) is 0.711. The minimum Gasteiger partial charge on any atom is -0.314 e. The van der Waals surface area contributed by atoms with E-state index in [0.717, 1.165) is 5.92 Å². The van der Waals surface area contributed by atoms with Crippen LogP contribution < -0.4 is 5.32 Å². The van der Waals surface area contributed by atoms with Crippen LogP contribution in [0, 0.1) is 11.3 Å². The lowest BCUT2D eigenvalue weighted by atomic mass is 9.70. The third-order valence-electron chi connectivity index (χ3n) is 4.16. The highest BCUT2D eigenvalue weighted by molar-refractivity contribution is 4.97. The normalized spacial score (nSPS) is 26.8. The van der Waals surface area contributed by atoms with Crippen LogP contribution in [0.1, 0.15) is 58.8 Å². The zero-order valence-electron chi connectivity index (χ0n) is 9.81. The largest absolute Gasteiger partial charge is 0.314 e. The van der Waals surface area contributed by atoms with Gasteiger partial charge in [0.2, 0.25) is 0 Å². The van der Waals surface area contributed by atoms with Gasteiger partial charge in [0.25, 0.3) is 0 Å². The number of rotatable bonds is 4. The SMILES string of the molecule is CC(C)NCC1(C2CC2)CCCCC1. The first-order valence-electron chi connectivity index (χ1n) is 6.46. The molecule has 2 saturated carbocycles. The molecule has 82 valence electrons. The zero-order chi connectivity index (χ0) is 10.0. The second-order valence-corrected chi connectivity index (χ2v) is 5.73. The van der Waals surface area contributed by atoms with Crippen LogP contribution in [-0.4, -0.2) is 12.6 Å². The summed E-state index contributed by atoms with van der Waals surface area (Å²) in [7, 11) is 0. The summed E-state index contributed by atoms with van der Waals surface area (Å²) >= 11 is 0. The molecule has 1 heteroatoms. The highest BCUT2D eigenvalue weighted by Crippen LogP contribution is 2.53. The molecule has 2 rings (SSSR count). The van der Waals surface area contributed by atoms with Gasteiger partial charge in [-0.1, -0.05) is 33.1 Å². The van der Waals surface area contributed by atoms with Gasteiger partial charge in [-0.15, -0.1) is 0 Å². The first kappa shape index (κ1) is 10.5. The Morgan fingerprint density at radius 3 is 2.29 bits per heavy atom. The third kappa shape index (κ3) is 2.31. The van der Waals surface area contributed by atoms with Crippen molar-refractivity contribution in [2.24, 2.45) is 11.3 Å². The van der Waals surface area contributed by atoms with Crippen LogP contribution in [0.15, 0.2) is 0 Å².